The molecule has 0 saturated heterocycles. The highest BCUT2D eigenvalue weighted by molar-refractivity contribution is 9.10. The summed E-state index contributed by atoms with van der Waals surface area (Å²) in [6.07, 6.45) is 8.11. The molecule has 1 aromatic carbocycles. The molecule has 0 aliphatic heterocycles. The Morgan fingerprint density at radius 2 is 1.47 bits per heavy atom. The van der Waals surface area contributed by atoms with E-state index in [9.17, 15) is 0 Å². The van der Waals surface area contributed by atoms with Gasteiger partial charge in [0.2, 0.25) is 0 Å². The summed E-state index contributed by atoms with van der Waals surface area (Å²) in [4.78, 5) is 0. The normalized spacial score (nSPS) is 36.1. The van der Waals surface area contributed by atoms with E-state index < -0.39 is 0 Å². The van der Waals surface area contributed by atoms with Gasteiger partial charge in [-0.15, -0.1) is 0 Å². The number of rotatable bonds is 2. The number of fused-ring (bicyclic) bond motifs is 3. The molecule has 1 N–H and O–H groups in total. The molecular weight excluding hydrogens is 274 g/mol. The monoisotopic (exact) mass is 293 g/mol. The van der Waals surface area contributed by atoms with Gasteiger partial charge < -0.3 is 5.32 Å². The minimum Gasteiger partial charge on any atom is -0.314 e. The Labute approximate surface area is 112 Å². The maximum atomic E-state index is 3.58. The minimum absolute atomic E-state index is 0.469. The summed E-state index contributed by atoms with van der Waals surface area (Å²) >= 11 is 3.53. The summed E-state index contributed by atoms with van der Waals surface area (Å²) in [5.74, 6) is 0. The van der Waals surface area contributed by atoms with Gasteiger partial charge in [0.1, 0.15) is 0 Å². The van der Waals surface area contributed by atoms with E-state index in [1.807, 2.05) is 0 Å². The Morgan fingerprint density at radius 1 is 0.941 bits per heavy atom. The topological polar surface area (TPSA) is 12.0 Å². The van der Waals surface area contributed by atoms with Crippen LogP contribution < -0.4 is 5.32 Å². The van der Waals surface area contributed by atoms with E-state index in [-0.39, 0.29) is 0 Å². The molecule has 1 aromatic rings. The highest BCUT2D eigenvalue weighted by Crippen LogP contribution is 2.53. The van der Waals surface area contributed by atoms with Gasteiger partial charge in [-0.3, -0.25) is 0 Å². The van der Waals surface area contributed by atoms with Crippen molar-refractivity contribution in [1.82, 2.24) is 5.32 Å². The first-order valence-corrected chi connectivity index (χ1v) is 7.42. The number of benzene rings is 1. The summed E-state index contributed by atoms with van der Waals surface area (Å²) in [6, 6.07) is 9.03. The van der Waals surface area contributed by atoms with Crippen LogP contribution in [0.25, 0.3) is 0 Å². The van der Waals surface area contributed by atoms with Crippen LogP contribution in [0, 0.1) is 0 Å². The lowest BCUT2D eigenvalue weighted by Crippen LogP contribution is -2.54. The summed E-state index contributed by atoms with van der Waals surface area (Å²) in [5.41, 5.74) is 2.52. The molecule has 1 nitrogen and oxygen atoms in total. The number of hydrogen-bond acceptors (Lipinski definition) is 1. The smallest absolute Gasteiger partial charge is 0.0179 e. The zero-order valence-corrected chi connectivity index (χ0v) is 12.0. The van der Waals surface area contributed by atoms with Crippen molar-refractivity contribution in [3.63, 3.8) is 0 Å². The lowest BCUT2D eigenvalue weighted by atomic mass is 9.55. The predicted octanol–water partition coefficient (Wildman–Crippen LogP) is 4.01. The van der Waals surface area contributed by atoms with E-state index >= 15 is 0 Å². The van der Waals surface area contributed by atoms with E-state index in [0.29, 0.717) is 11.0 Å². The number of hydrogen-bond donors (Lipinski definition) is 1. The number of halogens is 1. The Kier molecular flexibility index (Phi) is 2.83. The fourth-order valence-electron chi connectivity index (χ4n) is 3.80. The van der Waals surface area contributed by atoms with Crippen molar-refractivity contribution in [2.45, 2.75) is 49.5 Å². The lowest BCUT2D eigenvalue weighted by molar-refractivity contribution is 0.0835. The van der Waals surface area contributed by atoms with Crippen molar-refractivity contribution in [3.8, 4) is 0 Å². The van der Waals surface area contributed by atoms with Crippen LogP contribution >= 0.6 is 15.9 Å². The SMILES string of the molecule is CNC12CCC(c3ccc(Br)cc3)(CC1)CC2. The maximum absolute atomic E-state index is 3.58. The van der Waals surface area contributed by atoms with Crippen molar-refractivity contribution in [3.05, 3.63) is 34.3 Å². The fraction of sp³-hybridized carbons (Fsp3) is 0.600. The first-order chi connectivity index (χ1) is 8.18. The molecule has 3 aliphatic rings. The zero-order chi connectivity index (χ0) is 11.9. The van der Waals surface area contributed by atoms with Gasteiger partial charge in [0.25, 0.3) is 0 Å². The second kappa shape index (κ2) is 4.10. The fourth-order valence-corrected chi connectivity index (χ4v) is 4.06. The molecule has 2 bridgehead atoms. The van der Waals surface area contributed by atoms with E-state index in [1.54, 1.807) is 5.56 Å². The van der Waals surface area contributed by atoms with Gasteiger partial charge in [0.05, 0.1) is 0 Å². The van der Waals surface area contributed by atoms with Crippen LogP contribution in [0.15, 0.2) is 28.7 Å². The Bertz CT molecular complexity index is 385. The molecular formula is C15H20BrN. The second-order valence-electron chi connectivity index (χ2n) is 5.82. The summed E-state index contributed by atoms with van der Waals surface area (Å²) in [6.45, 7) is 0. The molecule has 17 heavy (non-hydrogen) atoms. The van der Waals surface area contributed by atoms with Gasteiger partial charge in [-0.25, -0.2) is 0 Å². The number of nitrogens with one attached hydrogen (secondary N) is 1. The zero-order valence-electron chi connectivity index (χ0n) is 10.4. The van der Waals surface area contributed by atoms with Gasteiger partial charge in [-0.1, -0.05) is 28.1 Å². The first kappa shape index (κ1) is 11.7. The van der Waals surface area contributed by atoms with E-state index in [2.05, 4.69) is 52.6 Å². The van der Waals surface area contributed by atoms with E-state index in [0.717, 1.165) is 0 Å². The van der Waals surface area contributed by atoms with Gasteiger partial charge >= 0.3 is 0 Å². The molecule has 0 unspecified atom stereocenters. The molecule has 2 heteroatoms. The van der Waals surface area contributed by atoms with Crippen LogP contribution in [0.5, 0.6) is 0 Å². The van der Waals surface area contributed by atoms with Crippen LogP contribution in [0.2, 0.25) is 0 Å². The van der Waals surface area contributed by atoms with Gasteiger partial charge in [-0.2, -0.15) is 0 Å². The highest BCUT2D eigenvalue weighted by Gasteiger charge is 2.48. The first-order valence-electron chi connectivity index (χ1n) is 6.63. The molecule has 4 rings (SSSR count). The maximum Gasteiger partial charge on any atom is 0.0179 e. The third-order valence-electron chi connectivity index (χ3n) is 5.23. The molecule has 3 fully saturated rings. The van der Waals surface area contributed by atoms with Crippen LogP contribution in [-0.4, -0.2) is 12.6 Å². The van der Waals surface area contributed by atoms with Crippen LogP contribution in [0.3, 0.4) is 0 Å². The Hall–Kier alpha value is -0.340. The molecule has 3 aliphatic carbocycles. The predicted molar refractivity (Wildman–Crippen MR) is 75.3 cm³/mol. The van der Waals surface area contributed by atoms with E-state index in [4.69, 9.17) is 0 Å². The molecule has 0 amide bonds. The molecule has 92 valence electrons. The van der Waals surface area contributed by atoms with Crippen LogP contribution in [-0.2, 0) is 5.41 Å². The average molecular weight is 294 g/mol. The molecule has 0 spiro atoms. The quantitative estimate of drug-likeness (QED) is 0.869. The third kappa shape index (κ3) is 1.86. The van der Waals surface area contributed by atoms with Crippen LogP contribution in [0.4, 0.5) is 0 Å². The van der Waals surface area contributed by atoms with Crippen molar-refractivity contribution in [2.24, 2.45) is 0 Å². The summed E-state index contributed by atoms with van der Waals surface area (Å²) in [7, 11) is 2.14. The second-order valence-corrected chi connectivity index (χ2v) is 6.73. The van der Waals surface area contributed by atoms with Gasteiger partial charge in [0.15, 0.2) is 0 Å². The Balaban J connectivity index is 1.88. The molecule has 0 heterocycles. The van der Waals surface area contributed by atoms with Gasteiger partial charge in [0, 0.05) is 10.0 Å². The Morgan fingerprint density at radius 3 is 1.94 bits per heavy atom. The highest BCUT2D eigenvalue weighted by atomic mass is 79.9. The summed E-state index contributed by atoms with van der Waals surface area (Å²) in [5, 5.41) is 3.58. The average Bonchev–Trinajstić information content (AvgIpc) is 2.41. The third-order valence-corrected chi connectivity index (χ3v) is 5.76. The molecule has 3 saturated carbocycles. The van der Waals surface area contributed by atoms with E-state index in [1.165, 1.54) is 43.0 Å². The molecule has 0 radical (unpaired) electrons. The largest absolute Gasteiger partial charge is 0.314 e. The lowest BCUT2D eigenvalue weighted by Gasteiger charge is -2.54. The molecule has 0 aromatic heterocycles. The molecule has 0 atom stereocenters. The van der Waals surface area contributed by atoms with Gasteiger partial charge in [-0.05, 0) is 68.7 Å². The summed E-state index contributed by atoms with van der Waals surface area (Å²) < 4.78 is 1.19. The van der Waals surface area contributed by atoms with Crippen molar-refractivity contribution < 1.29 is 0 Å². The minimum atomic E-state index is 0.469. The van der Waals surface area contributed by atoms with Crippen molar-refractivity contribution >= 4 is 15.9 Å². The standard InChI is InChI=1S/C15H20BrN/c1-17-15-9-6-14(7-10-15,8-11-15)12-2-4-13(16)5-3-12/h2-5,17H,6-11H2,1H3. The van der Waals surface area contributed by atoms with Crippen molar-refractivity contribution in [1.29, 1.82) is 0 Å². The van der Waals surface area contributed by atoms with Crippen LogP contribution in [0.1, 0.15) is 44.1 Å². The van der Waals surface area contributed by atoms with Crippen molar-refractivity contribution in [2.75, 3.05) is 7.05 Å².